The lowest BCUT2D eigenvalue weighted by Gasteiger charge is -2.33. The molecule has 2 fully saturated rings. The molecule has 3 atom stereocenters. The Morgan fingerprint density at radius 2 is 1.92 bits per heavy atom. The van der Waals surface area contributed by atoms with Crippen molar-refractivity contribution in [1.82, 2.24) is 10.2 Å². The number of ether oxygens (including phenoxy) is 2. The molecule has 1 N–H and O–H groups in total. The number of carbonyl (C=O) groups excluding carboxylic acids is 1. The number of nitrogens with one attached hydrogen (secondary N) is 1. The number of carbonyl (C=O) groups is 1. The van der Waals surface area contributed by atoms with E-state index >= 15 is 0 Å². The Bertz CT molecular complexity index is 605. The van der Waals surface area contributed by atoms with E-state index in [4.69, 9.17) is 9.47 Å². The number of hydrogen-bond donors (Lipinski definition) is 1. The molecule has 138 valence electrons. The SMILES string of the molecule is COc1ccc(C2CCCN2C(=O)NC2CCCCC2C)c(OC)c1. The summed E-state index contributed by atoms with van der Waals surface area (Å²) in [5.74, 6) is 2.12. The Hall–Kier alpha value is -1.91. The van der Waals surface area contributed by atoms with Crippen LogP contribution in [-0.4, -0.2) is 37.7 Å². The summed E-state index contributed by atoms with van der Waals surface area (Å²) in [6.45, 7) is 3.05. The van der Waals surface area contributed by atoms with Gasteiger partial charge >= 0.3 is 6.03 Å². The van der Waals surface area contributed by atoms with Crippen LogP contribution in [0.3, 0.4) is 0 Å². The standard InChI is InChI=1S/C20H30N2O3/c1-14-7-4-5-8-17(14)21-20(23)22-12-6-9-18(22)16-11-10-15(24-2)13-19(16)25-3/h10-11,13-14,17-18H,4-9,12H2,1-3H3,(H,21,23). The fourth-order valence-electron chi connectivity index (χ4n) is 4.20. The van der Waals surface area contributed by atoms with E-state index < -0.39 is 0 Å². The number of hydrogen-bond acceptors (Lipinski definition) is 3. The molecule has 1 saturated heterocycles. The van der Waals surface area contributed by atoms with Gasteiger partial charge in [-0.3, -0.25) is 0 Å². The largest absolute Gasteiger partial charge is 0.497 e. The molecule has 1 aromatic rings. The van der Waals surface area contributed by atoms with E-state index in [0.717, 1.165) is 42.9 Å². The molecule has 0 bridgehead atoms. The lowest BCUT2D eigenvalue weighted by Crippen LogP contribution is -2.47. The number of likely N-dealkylation sites (tertiary alicyclic amines) is 1. The molecule has 0 aromatic heterocycles. The van der Waals surface area contributed by atoms with Gasteiger partial charge in [-0.15, -0.1) is 0 Å². The zero-order valence-electron chi connectivity index (χ0n) is 15.6. The predicted molar refractivity (Wildman–Crippen MR) is 98.2 cm³/mol. The fourth-order valence-corrected chi connectivity index (χ4v) is 4.20. The van der Waals surface area contributed by atoms with Crippen LogP contribution in [0.5, 0.6) is 11.5 Å². The minimum absolute atomic E-state index is 0.0686. The van der Waals surface area contributed by atoms with Gasteiger partial charge in [-0.1, -0.05) is 19.8 Å². The smallest absolute Gasteiger partial charge is 0.318 e. The van der Waals surface area contributed by atoms with E-state index in [0.29, 0.717) is 12.0 Å². The predicted octanol–water partition coefficient (Wildman–Crippen LogP) is 4.13. The molecule has 1 aliphatic heterocycles. The van der Waals surface area contributed by atoms with Crippen LogP contribution in [0.2, 0.25) is 0 Å². The van der Waals surface area contributed by atoms with Gasteiger partial charge in [0.15, 0.2) is 0 Å². The summed E-state index contributed by atoms with van der Waals surface area (Å²) in [6.07, 6.45) is 6.79. The van der Waals surface area contributed by atoms with Crippen LogP contribution in [0.1, 0.15) is 57.1 Å². The highest BCUT2D eigenvalue weighted by Crippen LogP contribution is 2.38. The van der Waals surface area contributed by atoms with Crippen molar-refractivity contribution < 1.29 is 14.3 Å². The van der Waals surface area contributed by atoms with E-state index in [1.54, 1.807) is 14.2 Å². The highest BCUT2D eigenvalue weighted by molar-refractivity contribution is 5.75. The number of benzene rings is 1. The molecule has 1 heterocycles. The average molecular weight is 346 g/mol. The molecule has 5 heteroatoms. The van der Waals surface area contributed by atoms with Gasteiger partial charge in [-0.05, 0) is 43.7 Å². The number of rotatable bonds is 4. The monoisotopic (exact) mass is 346 g/mol. The first-order valence-electron chi connectivity index (χ1n) is 9.43. The van der Waals surface area contributed by atoms with E-state index in [1.165, 1.54) is 19.3 Å². The lowest BCUT2D eigenvalue weighted by atomic mass is 9.86. The van der Waals surface area contributed by atoms with Gasteiger partial charge in [0.25, 0.3) is 0 Å². The summed E-state index contributed by atoms with van der Waals surface area (Å²) >= 11 is 0. The third-order valence-corrected chi connectivity index (χ3v) is 5.73. The number of amides is 2. The molecule has 25 heavy (non-hydrogen) atoms. The summed E-state index contributed by atoms with van der Waals surface area (Å²) in [5.41, 5.74) is 1.06. The molecule has 3 rings (SSSR count). The molecule has 1 aliphatic carbocycles. The zero-order chi connectivity index (χ0) is 17.8. The van der Waals surface area contributed by atoms with Crippen LogP contribution in [0.25, 0.3) is 0 Å². The third kappa shape index (κ3) is 3.86. The van der Waals surface area contributed by atoms with Gasteiger partial charge in [0.2, 0.25) is 0 Å². The van der Waals surface area contributed by atoms with Crippen LogP contribution in [0.15, 0.2) is 18.2 Å². The van der Waals surface area contributed by atoms with Crippen molar-refractivity contribution in [1.29, 1.82) is 0 Å². The molecule has 0 spiro atoms. The van der Waals surface area contributed by atoms with E-state index in [9.17, 15) is 4.79 Å². The van der Waals surface area contributed by atoms with Crippen LogP contribution in [-0.2, 0) is 0 Å². The minimum atomic E-state index is 0.0686. The Labute approximate surface area is 150 Å². The van der Waals surface area contributed by atoms with Crippen molar-refractivity contribution in [2.45, 2.75) is 57.5 Å². The molecule has 2 amide bonds. The van der Waals surface area contributed by atoms with Crippen molar-refractivity contribution in [3.63, 3.8) is 0 Å². The Kier molecular flexibility index (Phi) is 5.71. The molecule has 3 unspecified atom stereocenters. The first-order valence-corrected chi connectivity index (χ1v) is 9.43. The topological polar surface area (TPSA) is 50.8 Å². The van der Waals surface area contributed by atoms with E-state index in [-0.39, 0.29) is 12.1 Å². The number of methoxy groups -OCH3 is 2. The van der Waals surface area contributed by atoms with Gasteiger partial charge in [-0.2, -0.15) is 0 Å². The second-order valence-electron chi connectivity index (χ2n) is 7.28. The highest BCUT2D eigenvalue weighted by atomic mass is 16.5. The molecular formula is C20H30N2O3. The van der Waals surface area contributed by atoms with E-state index in [2.05, 4.69) is 12.2 Å². The van der Waals surface area contributed by atoms with Crippen molar-refractivity contribution in [2.75, 3.05) is 20.8 Å². The second kappa shape index (κ2) is 7.98. The van der Waals surface area contributed by atoms with Gasteiger partial charge in [-0.25, -0.2) is 4.79 Å². The van der Waals surface area contributed by atoms with Crippen LogP contribution in [0.4, 0.5) is 4.79 Å². The minimum Gasteiger partial charge on any atom is -0.497 e. The number of nitrogens with zero attached hydrogens (tertiary/aromatic N) is 1. The molecular weight excluding hydrogens is 316 g/mol. The fraction of sp³-hybridized carbons (Fsp3) is 0.650. The quantitative estimate of drug-likeness (QED) is 0.892. The first kappa shape index (κ1) is 17.9. The number of urea groups is 1. The summed E-state index contributed by atoms with van der Waals surface area (Å²) in [6, 6.07) is 6.30. The van der Waals surface area contributed by atoms with Gasteiger partial charge in [0.05, 0.1) is 20.3 Å². The van der Waals surface area contributed by atoms with Crippen molar-refractivity contribution >= 4 is 6.03 Å². The van der Waals surface area contributed by atoms with Gasteiger partial charge in [0, 0.05) is 24.2 Å². The van der Waals surface area contributed by atoms with Crippen molar-refractivity contribution in [3.8, 4) is 11.5 Å². The zero-order valence-corrected chi connectivity index (χ0v) is 15.6. The first-order chi connectivity index (χ1) is 12.1. The maximum atomic E-state index is 12.9. The molecule has 0 radical (unpaired) electrons. The maximum absolute atomic E-state index is 12.9. The van der Waals surface area contributed by atoms with Gasteiger partial charge in [0.1, 0.15) is 11.5 Å². The molecule has 1 saturated carbocycles. The molecule has 1 aromatic carbocycles. The van der Waals surface area contributed by atoms with Crippen LogP contribution in [0, 0.1) is 5.92 Å². The van der Waals surface area contributed by atoms with Crippen LogP contribution >= 0.6 is 0 Å². The Morgan fingerprint density at radius 3 is 2.64 bits per heavy atom. The molecule has 5 nitrogen and oxygen atoms in total. The average Bonchev–Trinajstić information content (AvgIpc) is 3.12. The second-order valence-corrected chi connectivity index (χ2v) is 7.28. The van der Waals surface area contributed by atoms with Gasteiger partial charge < -0.3 is 19.7 Å². The highest BCUT2D eigenvalue weighted by Gasteiger charge is 2.34. The lowest BCUT2D eigenvalue weighted by molar-refractivity contribution is 0.177. The summed E-state index contributed by atoms with van der Waals surface area (Å²) in [4.78, 5) is 14.9. The van der Waals surface area contributed by atoms with Crippen molar-refractivity contribution in [2.24, 2.45) is 5.92 Å². The summed E-state index contributed by atoms with van der Waals surface area (Å²) < 4.78 is 10.8. The maximum Gasteiger partial charge on any atom is 0.318 e. The van der Waals surface area contributed by atoms with Crippen LogP contribution < -0.4 is 14.8 Å². The summed E-state index contributed by atoms with van der Waals surface area (Å²) in [5, 5.41) is 3.29. The normalized spacial score (nSPS) is 26.4. The van der Waals surface area contributed by atoms with Crippen molar-refractivity contribution in [3.05, 3.63) is 23.8 Å². The van der Waals surface area contributed by atoms with E-state index in [1.807, 2.05) is 23.1 Å². The molecule has 2 aliphatic rings. The Balaban J connectivity index is 1.75. The third-order valence-electron chi connectivity index (χ3n) is 5.73. The Morgan fingerprint density at radius 1 is 1.12 bits per heavy atom. The summed E-state index contributed by atoms with van der Waals surface area (Å²) in [7, 11) is 3.32.